The molecule has 74 valence electrons. The Bertz CT molecular complexity index is 219. The lowest BCUT2D eigenvalue weighted by molar-refractivity contribution is -0.150. The number of aliphatic carboxylic acids is 1. The molecule has 0 saturated heterocycles. The molecular weight excluding hydrogens is 177 g/mol. The van der Waals surface area contributed by atoms with Gasteiger partial charge >= 0.3 is 11.9 Å². The third-order valence-corrected chi connectivity index (χ3v) is 2.19. The number of carboxylic acids is 1. The molecule has 0 radical (unpaired) electrons. The third kappa shape index (κ3) is 2.68. The molecule has 2 N–H and O–H groups in total. The van der Waals surface area contributed by atoms with Gasteiger partial charge in [0.15, 0.2) is 0 Å². The minimum Gasteiger partial charge on any atom is -0.474 e. The Balaban J connectivity index is 2.42. The summed E-state index contributed by atoms with van der Waals surface area (Å²) >= 11 is 0. The predicted molar refractivity (Wildman–Crippen MR) is 42.9 cm³/mol. The first-order chi connectivity index (χ1) is 6.11. The number of nitrogens with one attached hydrogen (secondary N) is 1. The van der Waals surface area contributed by atoms with Crippen molar-refractivity contribution in [3.05, 3.63) is 0 Å². The Morgan fingerprint density at radius 3 is 2.46 bits per heavy atom. The highest BCUT2D eigenvalue weighted by atomic mass is 19.1. The van der Waals surface area contributed by atoms with E-state index in [2.05, 4.69) is 5.32 Å². The van der Waals surface area contributed by atoms with Gasteiger partial charge in [0, 0.05) is 0 Å². The van der Waals surface area contributed by atoms with Crippen molar-refractivity contribution in [1.82, 2.24) is 5.32 Å². The number of alkyl halides is 1. The molecule has 1 aliphatic rings. The van der Waals surface area contributed by atoms with Gasteiger partial charge in [-0.05, 0) is 12.8 Å². The van der Waals surface area contributed by atoms with Crippen LogP contribution in [0, 0.1) is 0 Å². The number of amides is 1. The number of rotatable bonds is 1. The van der Waals surface area contributed by atoms with Crippen LogP contribution in [0.4, 0.5) is 4.39 Å². The van der Waals surface area contributed by atoms with Gasteiger partial charge in [-0.2, -0.15) is 0 Å². The van der Waals surface area contributed by atoms with Crippen molar-refractivity contribution in [3.63, 3.8) is 0 Å². The second-order valence-corrected chi connectivity index (χ2v) is 3.19. The highest BCUT2D eigenvalue weighted by molar-refractivity contribution is 6.31. The average Bonchev–Trinajstić information content (AvgIpc) is 2.08. The van der Waals surface area contributed by atoms with Crippen LogP contribution in [0.2, 0.25) is 0 Å². The smallest absolute Gasteiger partial charge is 0.394 e. The van der Waals surface area contributed by atoms with Crippen molar-refractivity contribution in [1.29, 1.82) is 0 Å². The standard InChI is InChI=1S/C8H12FNO3/c9-5-3-1-2-4-6(5)10-7(11)8(12)13/h5-6H,1-4H2,(H,10,11)(H,12,13)/t5-,6-/m1/s1. The number of carboxylic acid groups (broad SMARTS) is 1. The van der Waals surface area contributed by atoms with E-state index in [1.807, 2.05) is 0 Å². The van der Waals surface area contributed by atoms with Crippen LogP contribution >= 0.6 is 0 Å². The topological polar surface area (TPSA) is 66.4 Å². The van der Waals surface area contributed by atoms with E-state index >= 15 is 0 Å². The number of hydrogen-bond acceptors (Lipinski definition) is 2. The number of carbonyl (C=O) groups excluding carboxylic acids is 1. The maximum absolute atomic E-state index is 13.1. The molecular formula is C8H12FNO3. The highest BCUT2D eigenvalue weighted by Gasteiger charge is 2.27. The van der Waals surface area contributed by atoms with Crippen molar-refractivity contribution < 1.29 is 19.1 Å². The fraction of sp³-hybridized carbons (Fsp3) is 0.750. The van der Waals surface area contributed by atoms with Crippen LogP contribution in [0.25, 0.3) is 0 Å². The molecule has 1 rings (SSSR count). The van der Waals surface area contributed by atoms with E-state index in [9.17, 15) is 14.0 Å². The van der Waals surface area contributed by atoms with Gasteiger partial charge in [0.2, 0.25) is 0 Å². The van der Waals surface area contributed by atoms with Crippen LogP contribution in [0.15, 0.2) is 0 Å². The SMILES string of the molecule is O=C(O)C(=O)N[C@@H]1CCCC[C@H]1F. The molecule has 1 fully saturated rings. The monoisotopic (exact) mass is 189 g/mol. The fourth-order valence-corrected chi connectivity index (χ4v) is 1.48. The summed E-state index contributed by atoms with van der Waals surface area (Å²) in [6.07, 6.45) is 1.48. The summed E-state index contributed by atoms with van der Waals surface area (Å²) in [5, 5.41) is 10.4. The van der Waals surface area contributed by atoms with E-state index in [0.29, 0.717) is 12.8 Å². The van der Waals surface area contributed by atoms with Gasteiger partial charge in [-0.3, -0.25) is 4.79 Å². The van der Waals surface area contributed by atoms with Gasteiger partial charge in [-0.25, -0.2) is 9.18 Å². The van der Waals surface area contributed by atoms with E-state index < -0.39 is 24.1 Å². The Kier molecular flexibility index (Phi) is 3.22. The van der Waals surface area contributed by atoms with Crippen LogP contribution in [-0.4, -0.2) is 29.2 Å². The lowest BCUT2D eigenvalue weighted by Crippen LogP contribution is -2.45. The molecule has 0 aromatic rings. The molecule has 0 unspecified atom stereocenters. The Morgan fingerprint density at radius 1 is 1.31 bits per heavy atom. The maximum atomic E-state index is 13.1. The first-order valence-electron chi connectivity index (χ1n) is 4.29. The van der Waals surface area contributed by atoms with Gasteiger partial charge in [0.25, 0.3) is 0 Å². The molecule has 4 nitrogen and oxygen atoms in total. The predicted octanol–water partition coefficient (Wildman–Crippen LogP) is 0.468. The summed E-state index contributed by atoms with van der Waals surface area (Å²) in [7, 11) is 0. The Labute approximate surface area is 75.1 Å². The highest BCUT2D eigenvalue weighted by Crippen LogP contribution is 2.20. The molecule has 1 amide bonds. The van der Waals surface area contributed by atoms with E-state index in [4.69, 9.17) is 5.11 Å². The first kappa shape index (κ1) is 9.95. The molecule has 0 heterocycles. The quantitative estimate of drug-likeness (QED) is 0.589. The minimum atomic E-state index is -1.56. The zero-order chi connectivity index (χ0) is 9.84. The maximum Gasteiger partial charge on any atom is 0.394 e. The van der Waals surface area contributed by atoms with Gasteiger partial charge < -0.3 is 10.4 Å². The van der Waals surface area contributed by atoms with Crippen LogP contribution in [0.5, 0.6) is 0 Å². The van der Waals surface area contributed by atoms with E-state index in [-0.39, 0.29) is 0 Å². The molecule has 0 aliphatic heterocycles. The van der Waals surface area contributed by atoms with Crippen LogP contribution in [0.1, 0.15) is 25.7 Å². The number of hydrogen-bond donors (Lipinski definition) is 2. The summed E-state index contributed by atoms with van der Waals surface area (Å²) in [6.45, 7) is 0. The molecule has 1 saturated carbocycles. The summed E-state index contributed by atoms with van der Waals surface area (Å²) in [4.78, 5) is 20.8. The zero-order valence-corrected chi connectivity index (χ0v) is 7.12. The third-order valence-electron chi connectivity index (χ3n) is 2.19. The number of carbonyl (C=O) groups is 2. The normalized spacial score (nSPS) is 28.1. The van der Waals surface area contributed by atoms with E-state index in [1.165, 1.54) is 0 Å². The van der Waals surface area contributed by atoms with Crippen LogP contribution in [-0.2, 0) is 9.59 Å². The molecule has 0 aromatic heterocycles. The van der Waals surface area contributed by atoms with Crippen molar-refractivity contribution in [2.75, 3.05) is 0 Å². The zero-order valence-electron chi connectivity index (χ0n) is 7.12. The molecule has 5 heteroatoms. The second kappa shape index (κ2) is 4.20. The average molecular weight is 189 g/mol. The van der Waals surface area contributed by atoms with E-state index in [1.54, 1.807) is 0 Å². The van der Waals surface area contributed by atoms with E-state index in [0.717, 1.165) is 12.8 Å². The molecule has 0 aromatic carbocycles. The van der Waals surface area contributed by atoms with Crippen molar-refractivity contribution in [2.24, 2.45) is 0 Å². The minimum absolute atomic E-state index is 0.407. The molecule has 1 aliphatic carbocycles. The first-order valence-corrected chi connectivity index (χ1v) is 4.29. The summed E-state index contributed by atoms with van der Waals surface area (Å²) < 4.78 is 13.1. The molecule has 13 heavy (non-hydrogen) atoms. The van der Waals surface area contributed by atoms with Crippen LogP contribution < -0.4 is 5.32 Å². The Morgan fingerprint density at radius 2 is 1.92 bits per heavy atom. The summed E-state index contributed by atoms with van der Waals surface area (Å²) in [5.74, 6) is -2.67. The molecule has 0 spiro atoms. The van der Waals surface area contributed by atoms with Crippen molar-refractivity contribution in [2.45, 2.75) is 37.9 Å². The van der Waals surface area contributed by atoms with Crippen molar-refractivity contribution >= 4 is 11.9 Å². The van der Waals surface area contributed by atoms with Crippen LogP contribution in [0.3, 0.4) is 0 Å². The largest absolute Gasteiger partial charge is 0.474 e. The second-order valence-electron chi connectivity index (χ2n) is 3.19. The summed E-state index contributed by atoms with van der Waals surface area (Å²) in [6, 6.07) is -0.614. The van der Waals surface area contributed by atoms with Gasteiger partial charge in [-0.15, -0.1) is 0 Å². The lowest BCUT2D eigenvalue weighted by Gasteiger charge is -2.25. The molecule has 2 atom stereocenters. The van der Waals surface area contributed by atoms with Gasteiger partial charge in [0.1, 0.15) is 6.17 Å². The fourth-order valence-electron chi connectivity index (χ4n) is 1.48. The summed E-state index contributed by atoms with van der Waals surface area (Å²) in [5.41, 5.74) is 0. The lowest BCUT2D eigenvalue weighted by atomic mass is 9.93. The van der Waals surface area contributed by atoms with Gasteiger partial charge in [-0.1, -0.05) is 12.8 Å². The van der Waals surface area contributed by atoms with Gasteiger partial charge in [0.05, 0.1) is 6.04 Å². The number of halogens is 1. The van der Waals surface area contributed by atoms with Crippen molar-refractivity contribution in [3.8, 4) is 0 Å². The molecule has 0 bridgehead atoms. The Hall–Kier alpha value is -1.13.